The smallest absolute Gasteiger partial charge is 0.264 e. The van der Waals surface area contributed by atoms with Crippen LogP contribution in [0.4, 0.5) is 0 Å². The Kier molecular flexibility index (Phi) is 3.64. The van der Waals surface area contributed by atoms with Gasteiger partial charge in [0.25, 0.3) is 5.91 Å². The second-order valence-electron chi connectivity index (χ2n) is 4.77. The van der Waals surface area contributed by atoms with E-state index in [9.17, 15) is 4.79 Å². The molecule has 1 aliphatic rings. The summed E-state index contributed by atoms with van der Waals surface area (Å²) in [6, 6.07) is 7.43. The molecular weight excluding hydrogens is 274 g/mol. The Bertz CT molecular complexity index is 583. The Hall–Kier alpha value is -1.95. The number of hydrogen-bond donors (Lipinski definition) is 0. The lowest BCUT2D eigenvalue weighted by Crippen LogP contribution is -2.30. The van der Waals surface area contributed by atoms with E-state index in [-0.39, 0.29) is 12.0 Å². The fourth-order valence-corrected chi connectivity index (χ4v) is 2.88. The van der Waals surface area contributed by atoms with Crippen molar-refractivity contribution in [1.82, 2.24) is 15.1 Å². The molecule has 1 fully saturated rings. The summed E-state index contributed by atoms with van der Waals surface area (Å²) in [6.07, 6.45) is 0.822. The molecule has 1 unspecified atom stereocenters. The standard InChI is InChI=1S/C14H15N3O2S/c1-10-4-5-13(16-15-10)19-11-6-7-17(9-11)14(18)12-3-2-8-20-12/h2-5,8,11H,6-7,9H2,1H3. The molecule has 3 heterocycles. The quantitative estimate of drug-likeness (QED) is 0.868. The number of ether oxygens (including phenoxy) is 1. The number of nitrogens with zero attached hydrogens (tertiary/aromatic N) is 3. The fourth-order valence-electron chi connectivity index (χ4n) is 2.19. The number of aryl methyl sites for hydroxylation is 1. The second-order valence-corrected chi connectivity index (χ2v) is 5.72. The van der Waals surface area contributed by atoms with E-state index >= 15 is 0 Å². The van der Waals surface area contributed by atoms with Gasteiger partial charge in [-0.05, 0) is 24.4 Å². The van der Waals surface area contributed by atoms with Gasteiger partial charge in [0.2, 0.25) is 5.88 Å². The Morgan fingerprint density at radius 1 is 1.40 bits per heavy atom. The lowest BCUT2D eigenvalue weighted by atomic mass is 10.3. The number of aromatic nitrogens is 2. The molecule has 1 saturated heterocycles. The Morgan fingerprint density at radius 3 is 3.00 bits per heavy atom. The van der Waals surface area contributed by atoms with Crippen molar-refractivity contribution in [2.24, 2.45) is 0 Å². The van der Waals surface area contributed by atoms with Crippen molar-refractivity contribution in [3.05, 3.63) is 40.2 Å². The summed E-state index contributed by atoms with van der Waals surface area (Å²) in [4.78, 5) is 14.8. The lowest BCUT2D eigenvalue weighted by molar-refractivity contribution is 0.0775. The van der Waals surface area contributed by atoms with Gasteiger partial charge in [-0.15, -0.1) is 16.4 Å². The van der Waals surface area contributed by atoms with Crippen LogP contribution >= 0.6 is 11.3 Å². The number of rotatable bonds is 3. The van der Waals surface area contributed by atoms with Crippen LogP contribution in [0.3, 0.4) is 0 Å². The Morgan fingerprint density at radius 2 is 2.30 bits per heavy atom. The molecule has 3 rings (SSSR count). The topological polar surface area (TPSA) is 55.3 Å². The van der Waals surface area contributed by atoms with Gasteiger partial charge in [0, 0.05) is 19.0 Å². The van der Waals surface area contributed by atoms with Crippen LogP contribution in [0, 0.1) is 6.92 Å². The highest BCUT2D eigenvalue weighted by molar-refractivity contribution is 7.12. The number of carbonyl (C=O) groups excluding carboxylic acids is 1. The molecule has 0 N–H and O–H groups in total. The molecule has 5 nitrogen and oxygen atoms in total. The van der Waals surface area contributed by atoms with Crippen molar-refractivity contribution in [2.75, 3.05) is 13.1 Å². The summed E-state index contributed by atoms with van der Waals surface area (Å²) in [5.74, 6) is 0.604. The van der Waals surface area contributed by atoms with Gasteiger partial charge in [0.05, 0.1) is 17.1 Å². The van der Waals surface area contributed by atoms with Crippen molar-refractivity contribution in [2.45, 2.75) is 19.4 Å². The zero-order valence-electron chi connectivity index (χ0n) is 11.2. The van der Waals surface area contributed by atoms with Crippen molar-refractivity contribution in [3.8, 4) is 5.88 Å². The van der Waals surface area contributed by atoms with Gasteiger partial charge < -0.3 is 9.64 Å². The maximum atomic E-state index is 12.2. The van der Waals surface area contributed by atoms with Gasteiger partial charge in [0.1, 0.15) is 6.10 Å². The molecule has 20 heavy (non-hydrogen) atoms. The molecule has 2 aromatic rings. The zero-order chi connectivity index (χ0) is 13.9. The second kappa shape index (κ2) is 5.58. The van der Waals surface area contributed by atoms with Crippen molar-refractivity contribution >= 4 is 17.2 Å². The minimum atomic E-state index is -0.00378. The normalized spacial score (nSPS) is 18.2. The first-order valence-corrected chi connectivity index (χ1v) is 7.40. The summed E-state index contributed by atoms with van der Waals surface area (Å²) in [5.41, 5.74) is 0.860. The first-order valence-electron chi connectivity index (χ1n) is 6.52. The minimum absolute atomic E-state index is 0.00378. The number of carbonyl (C=O) groups is 1. The highest BCUT2D eigenvalue weighted by Gasteiger charge is 2.28. The molecule has 104 valence electrons. The summed E-state index contributed by atoms with van der Waals surface area (Å²) < 4.78 is 5.76. The Balaban J connectivity index is 1.59. The molecule has 1 amide bonds. The van der Waals surface area contributed by atoms with Gasteiger partial charge >= 0.3 is 0 Å². The first kappa shape index (κ1) is 13.1. The molecule has 1 atom stereocenters. The number of amides is 1. The third kappa shape index (κ3) is 2.80. The average Bonchev–Trinajstić information content (AvgIpc) is 3.12. The van der Waals surface area contributed by atoms with Crippen LogP contribution < -0.4 is 4.74 Å². The molecule has 0 aromatic carbocycles. The monoisotopic (exact) mass is 289 g/mol. The van der Waals surface area contributed by atoms with Crippen LogP contribution in [0.5, 0.6) is 5.88 Å². The van der Waals surface area contributed by atoms with Crippen molar-refractivity contribution < 1.29 is 9.53 Å². The van der Waals surface area contributed by atoms with E-state index in [0.29, 0.717) is 12.4 Å². The maximum absolute atomic E-state index is 12.2. The predicted molar refractivity (Wildman–Crippen MR) is 76.0 cm³/mol. The minimum Gasteiger partial charge on any atom is -0.471 e. The third-order valence-electron chi connectivity index (χ3n) is 3.23. The SMILES string of the molecule is Cc1ccc(OC2CCN(C(=O)c3cccs3)C2)nn1. The predicted octanol–water partition coefficient (Wildman–Crippen LogP) is 2.14. The zero-order valence-corrected chi connectivity index (χ0v) is 12.0. The van der Waals surface area contributed by atoms with Crippen LogP contribution in [0.2, 0.25) is 0 Å². The lowest BCUT2D eigenvalue weighted by Gasteiger charge is -2.16. The molecule has 0 saturated carbocycles. The summed E-state index contributed by atoms with van der Waals surface area (Å²) in [6.45, 7) is 3.21. The van der Waals surface area contributed by atoms with Crippen LogP contribution in [-0.4, -0.2) is 40.2 Å². The molecule has 0 bridgehead atoms. The molecule has 0 radical (unpaired) electrons. The van der Waals surface area contributed by atoms with E-state index in [0.717, 1.165) is 23.5 Å². The number of thiophene rings is 1. The van der Waals surface area contributed by atoms with Crippen LogP contribution in [0.15, 0.2) is 29.6 Å². The van der Waals surface area contributed by atoms with Crippen molar-refractivity contribution in [3.63, 3.8) is 0 Å². The highest BCUT2D eigenvalue weighted by atomic mass is 32.1. The van der Waals surface area contributed by atoms with E-state index in [1.807, 2.05) is 41.5 Å². The summed E-state index contributed by atoms with van der Waals surface area (Å²) in [7, 11) is 0. The Labute approximate surface area is 121 Å². The van der Waals surface area contributed by atoms with E-state index in [1.165, 1.54) is 11.3 Å². The number of likely N-dealkylation sites (tertiary alicyclic amines) is 1. The first-order chi connectivity index (χ1) is 9.72. The highest BCUT2D eigenvalue weighted by Crippen LogP contribution is 2.20. The summed E-state index contributed by atoms with van der Waals surface area (Å²) >= 11 is 1.47. The largest absolute Gasteiger partial charge is 0.471 e. The number of hydrogen-bond acceptors (Lipinski definition) is 5. The van der Waals surface area contributed by atoms with Crippen LogP contribution in [0.1, 0.15) is 21.8 Å². The fraction of sp³-hybridized carbons (Fsp3) is 0.357. The van der Waals surface area contributed by atoms with E-state index < -0.39 is 0 Å². The molecule has 0 spiro atoms. The average molecular weight is 289 g/mol. The molecule has 6 heteroatoms. The molecular formula is C14H15N3O2S. The third-order valence-corrected chi connectivity index (χ3v) is 4.08. The van der Waals surface area contributed by atoms with Crippen LogP contribution in [0.25, 0.3) is 0 Å². The van der Waals surface area contributed by atoms with Crippen LogP contribution in [-0.2, 0) is 0 Å². The molecule has 2 aromatic heterocycles. The van der Waals surface area contributed by atoms with E-state index in [1.54, 1.807) is 0 Å². The van der Waals surface area contributed by atoms with Gasteiger partial charge in [-0.25, -0.2) is 0 Å². The van der Waals surface area contributed by atoms with Gasteiger partial charge in [0.15, 0.2) is 0 Å². The molecule has 0 aliphatic carbocycles. The van der Waals surface area contributed by atoms with E-state index in [2.05, 4.69) is 10.2 Å². The van der Waals surface area contributed by atoms with Gasteiger partial charge in [-0.3, -0.25) is 4.79 Å². The van der Waals surface area contributed by atoms with E-state index in [4.69, 9.17) is 4.74 Å². The summed E-state index contributed by atoms with van der Waals surface area (Å²) in [5, 5.41) is 9.87. The van der Waals surface area contributed by atoms with Gasteiger partial charge in [-0.2, -0.15) is 5.10 Å². The maximum Gasteiger partial charge on any atom is 0.264 e. The van der Waals surface area contributed by atoms with Gasteiger partial charge in [-0.1, -0.05) is 6.07 Å². The molecule has 1 aliphatic heterocycles. The van der Waals surface area contributed by atoms with Crippen molar-refractivity contribution in [1.29, 1.82) is 0 Å².